The monoisotopic (exact) mass is 284 g/mol. The summed E-state index contributed by atoms with van der Waals surface area (Å²) < 4.78 is 0. The third-order valence-corrected chi connectivity index (χ3v) is 3.36. The molecular formula is C12H13ClN2O4. The van der Waals surface area contributed by atoms with Crippen LogP contribution in [-0.2, 0) is 0 Å². The minimum atomic E-state index is -0.934. The Balaban J connectivity index is 2.32. The zero-order chi connectivity index (χ0) is 14.2. The van der Waals surface area contributed by atoms with E-state index < -0.39 is 16.4 Å². The zero-order valence-corrected chi connectivity index (χ0v) is 11.1. The van der Waals surface area contributed by atoms with Crippen molar-refractivity contribution in [2.45, 2.75) is 18.9 Å². The van der Waals surface area contributed by atoms with Crippen molar-refractivity contribution >= 4 is 23.2 Å². The maximum atomic E-state index is 12.2. The van der Waals surface area contributed by atoms with Crippen molar-refractivity contribution in [2.75, 3.05) is 13.1 Å². The maximum absolute atomic E-state index is 12.2. The Hall–Kier alpha value is -1.66. The van der Waals surface area contributed by atoms with Gasteiger partial charge in [-0.1, -0.05) is 11.6 Å². The van der Waals surface area contributed by atoms with Crippen LogP contribution in [0.25, 0.3) is 0 Å². The molecule has 0 radical (unpaired) electrons. The molecule has 2 rings (SSSR count). The number of nitro groups is 1. The highest BCUT2D eigenvalue weighted by atomic mass is 35.5. The van der Waals surface area contributed by atoms with Gasteiger partial charge in [0.05, 0.1) is 10.5 Å². The number of carbonyl (C=O) groups excluding carboxylic acids is 1. The van der Waals surface area contributed by atoms with Crippen molar-refractivity contribution in [3.05, 3.63) is 38.9 Å². The van der Waals surface area contributed by atoms with Gasteiger partial charge in [0.2, 0.25) is 0 Å². The summed E-state index contributed by atoms with van der Waals surface area (Å²) >= 11 is 5.70. The standard InChI is InChI=1S/C12H13ClN2O4/c1-12(17)4-5-14(7-12)11(16)9-3-2-8(13)6-10(9)15(18)19/h2-3,6,17H,4-5,7H2,1H3. The highest BCUT2D eigenvalue weighted by Gasteiger charge is 2.36. The Morgan fingerprint density at radius 1 is 1.58 bits per heavy atom. The van der Waals surface area contributed by atoms with Crippen molar-refractivity contribution in [3.63, 3.8) is 0 Å². The summed E-state index contributed by atoms with van der Waals surface area (Å²) in [6.45, 7) is 2.19. The van der Waals surface area contributed by atoms with E-state index in [1.165, 1.54) is 17.0 Å². The minimum absolute atomic E-state index is 0.00731. The number of rotatable bonds is 2. The molecule has 7 heteroatoms. The molecule has 1 aromatic rings. The molecule has 1 fully saturated rings. The fourth-order valence-electron chi connectivity index (χ4n) is 2.13. The lowest BCUT2D eigenvalue weighted by atomic mass is 10.1. The number of carbonyl (C=O) groups is 1. The average molecular weight is 285 g/mol. The van der Waals surface area contributed by atoms with E-state index >= 15 is 0 Å². The van der Waals surface area contributed by atoms with Crippen LogP contribution in [-0.4, -0.2) is 39.5 Å². The largest absolute Gasteiger partial charge is 0.388 e. The second-order valence-electron chi connectivity index (χ2n) is 4.89. The molecule has 1 amide bonds. The Bertz CT molecular complexity index is 545. The van der Waals surface area contributed by atoms with Gasteiger partial charge in [0.25, 0.3) is 11.6 Å². The molecule has 1 atom stereocenters. The van der Waals surface area contributed by atoms with Gasteiger partial charge in [0.1, 0.15) is 5.56 Å². The van der Waals surface area contributed by atoms with Crippen LogP contribution in [0.3, 0.4) is 0 Å². The molecule has 1 aliphatic heterocycles. The van der Waals surface area contributed by atoms with Gasteiger partial charge in [0, 0.05) is 24.2 Å². The highest BCUT2D eigenvalue weighted by Crippen LogP contribution is 2.27. The third kappa shape index (κ3) is 2.85. The van der Waals surface area contributed by atoms with E-state index in [4.69, 9.17) is 11.6 Å². The first-order valence-corrected chi connectivity index (χ1v) is 6.13. The minimum Gasteiger partial charge on any atom is -0.388 e. The highest BCUT2D eigenvalue weighted by molar-refractivity contribution is 6.31. The van der Waals surface area contributed by atoms with E-state index in [0.717, 1.165) is 6.07 Å². The first-order valence-electron chi connectivity index (χ1n) is 5.76. The van der Waals surface area contributed by atoms with Crippen LogP contribution in [0.15, 0.2) is 18.2 Å². The number of amides is 1. The number of β-amino-alcohol motifs (C(OH)–C–C–N with tert-alkyl or cyclic N) is 1. The number of hydrogen-bond donors (Lipinski definition) is 1. The van der Waals surface area contributed by atoms with E-state index in [0.29, 0.717) is 13.0 Å². The van der Waals surface area contributed by atoms with Gasteiger partial charge >= 0.3 is 0 Å². The molecule has 0 spiro atoms. The molecule has 19 heavy (non-hydrogen) atoms. The molecule has 0 aromatic heterocycles. The van der Waals surface area contributed by atoms with Crippen LogP contribution in [0, 0.1) is 10.1 Å². The average Bonchev–Trinajstić information content (AvgIpc) is 2.68. The molecular weight excluding hydrogens is 272 g/mol. The Morgan fingerprint density at radius 2 is 2.26 bits per heavy atom. The van der Waals surface area contributed by atoms with Gasteiger partial charge in [-0.15, -0.1) is 0 Å². The summed E-state index contributed by atoms with van der Waals surface area (Å²) in [5, 5.41) is 21.0. The lowest BCUT2D eigenvalue weighted by molar-refractivity contribution is -0.385. The van der Waals surface area contributed by atoms with Crippen LogP contribution in [0.1, 0.15) is 23.7 Å². The number of nitro benzene ring substituents is 1. The van der Waals surface area contributed by atoms with Crippen LogP contribution in [0.4, 0.5) is 5.69 Å². The number of hydrogen-bond acceptors (Lipinski definition) is 4. The second kappa shape index (κ2) is 4.79. The molecule has 0 bridgehead atoms. The number of benzene rings is 1. The molecule has 102 valence electrons. The summed E-state index contributed by atoms with van der Waals surface area (Å²) in [5.74, 6) is -0.457. The van der Waals surface area contributed by atoms with E-state index in [-0.39, 0.29) is 22.8 Å². The van der Waals surface area contributed by atoms with Crippen molar-refractivity contribution in [2.24, 2.45) is 0 Å². The SMILES string of the molecule is CC1(O)CCN(C(=O)c2ccc(Cl)cc2[N+](=O)[O-])C1. The molecule has 1 heterocycles. The van der Waals surface area contributed by atoms with Crippen molar-refractivity contribution < 1.29 is 14.8 Å². The summed E-state index contributed by atoms with van der Waals surface area (Å²) in [4.78, 5) is 24.0. The second-order valence-corrected chi connectivity index (χ2v) is 5.33. The molecule has 1 aliphatic rings. The van der Waals surface area contributed by atoms with Gasteiger partial charge in [-0.3, -0.25) is 14.9 Å². The van der Waals surface area contributed by atoms with Crippen LogP contribution in [0.5, 0.6) is 0 Å². The topological polar surface area (TPSA) is 83.7 Å². The maximum Gasteiger partial charge on any atom is 0.283 e. The first-order chi connectivity index (χ1) is 8.80. The van der Waals surface area contributed by atoms with Gasteiger partial charge in [-0.25, -0.2) is 0 Å². The summed E-state index contributed by atoms with van der Waals surface area (Å²) in [6.07, 6.45) is 0.458. The number of aliphatic hydroxyl groups is 1. The molecule has 6 nitrogen and oxygen atoms in total. The lowest BCUT2D eigenvalue weighted by Crippen LogP contribution is -2.34. The summed E-state index contributed by atoms with van der Waals surface area (Å²) in [7, 11) is 0. The smallest absolute Gasteiger partial charge is 0.283 e. The fraction of sp³-hybridized carbons (Fsp3) is 0.417. The van der Waals surface area contributed by atoms with Gasteiger partial charge in [-0.2, -0.15) is 0 Å². The van der Waals surface area contributed by atoms with E-state index in [1.54, 1.807) is 6.92 Å². The summed E-state index contributed by atoms with van der Waals surface area (Å²) in [5.41, 5.74) is -1.26. The van der Waals surface area contributed by atoms with Crippen molar-refractivity contribution in [1.29, 1.82) is 0 Å². The predicted molar refractivity (Wildman–Crippen MR) is 69.3 cm³/mol. The molecule has 1 saturated heterocycles. The molecule has 1 N–H and O–H groups in total. The van der Waals surface area contributed by atoms with Gasteiger partial charge in [0.15, 0.2) is 0 Å². The zero-order valence-electron chi connectivity index (χ0n) is 10.3. The Kier molecular flexibility index (Phi) is 3.47. The Morgan fingerprint density at radius 3 is 2.79 bits per heavy atom. The van der Waals surface area contributed by atoms with Crippen LogP contribution < -0.4 is 0 Å². The number of likely N-dealkylation sites (tertiary alicyclic amines) is 1. The van der Waals surface area contributed by atoms with Crippen LogP contribution >= 0.6 is 11.6 Å². The van der Waals surface area contributed by atoms with Gasteiger partial charge in [-0.05, 0) is 25.5 Å². The molecule has 0 saturated carbocycles. The lowest BCUT2D eigenvalue weighted by Gasteiger charge is -2.19. The van der Waals surface area contributed by atoms with Gasteiger partial charge < -0.3 is 10.0 Å². The summed E-state index contributed by atoms with van der Waals surface area (Å²) in [6, 6.07) is 3.94. The Labute approximate surface area is 114 Å². The van der Waals surface area contributed by atoms with Crippen LogP contribution in [0.2, 0.25) is 5.02 Å². The molecule has 0 aliphatic carbocycles. The van der Waals surface area contributed by atoms with Crippen molar-refractivity contribution in [1.82, 2.24) is 4.90 Å². The predicted octanol–water partition coefficient (Wildman–Crippen LogP) is 1.85. The normalized spacial score (nSPS) is 22.6. The van der Waals surface area contributed by atoms with E-state index in [2.05, 4.69) is 0 Å². The fourth-order valence-corrected chi connectivity index (χ4v) is 2.29. The first kappa shape index (κ1) is 13.8. The third-order valence-electron chi connectivity index (χ3n) is 3.13. The molecule has 1 unspecified atom stereocenters. The quantitative estimate of drug-likeness (QED) is 0.663. The van der Waals surface area contributed by atoms with E-state index in [1.807, 2.05) is 0 Å². The molecule has 1 aromatic carbocycles. The number of halogens is 1. The van der Waals surface area contributed by atoms with E-state index in [9.17, 15) is 20.0 Å². The van der Waals surface area contributed by atoms with Crippen molar-refractivity contribution in [3.8, 4) is 0 Å². The number of nitrogens with zero attached hydrogens (tertiary/aromatic N) is 2.